The number of fused-ring (bicyclic) bond motifs is 1. The highest BCUT2D eigenvalue weighted by Gasteiger charge is 2.22. The van der Waals surface area contributed by atoms with Crippen molar-refractivity contribution >= 4 is 16.6 Å². The maximum absolute atomic E-state index is 13.3. The molecule has 0 bridgehead atoms. The highest BCUT2D eigenvalue weighted by Crippen LogP contribution is 2.28. The molecule has 2 aromatic heterocycles. The van der Waals surface area contributed by atoms with Gasteiger partial charge in [0.2, 0.25) is 0 Å². The summed E-state index contributed by atoms with van der Waals surface area (Å²) >= 11 is 0. The lowest BCUT2D eigenvalue weighted by Gasteiger charge is -2.36. The van der Waals surface area contributed by atoms with Gasteiger partial charge in [-0.05, 0) is 37.6 Å². The predicted molar refractivity (Wildman–Crippen MR) is 124 cm³/mol. The highest BCUT2D eigenvalue weighted by molar-refractivity contribution is 5.95. The third kappa shape index (κ3) is 3.64. The molecular formula is C25H26N4O2. The summed E-state index contributed by atoms with van der Waals surface area (Å²) < 4.78 is 7.60. The van der Waals surface area contributed by atoms with E-state index in [2.05, 4.69) is 41.0 Å². The minimum absolute atomic E-state index is 0.0286. The van der Waals surface area contributed by atoms with E-state index in [1.165, 1.54) is 0 Å². The first-order valence-electron chi connectivity index (χ1n) is 10.6. The molecule has 0 radical (unpaired) electrons. The van der Waals surface area contributed by atoms with Crippen LogP contribution in [-0.4, -0.2) is 40.1 Å². The summed E-state index contributed by atoms with van der Waals surface area (Å²) in [5.74, 6) is 0. The van der Waals surface area contributed by atoms with Gasteiger partial charge in [0.1, 0.15) is 0 Å². The molecule has 158 valence electrons. The molecule has 1 aliphatic heterocycles. The Morgan fingerprint density at radius 1 is 1.00 bits per heavy atom. The SMILES string of the molecule is C[C@@H]1CN(c2ccc(-c3c[nH]c4c(-c5cnn(C)c5)cccc4c3=O)cc2)C[C@H](C)O1. The second kappa shape index (κ2) is 7.71. The number of ether oxygens (including phenoxy) is 1. The van der Waals surface area contributed by atoms with E-state index < -0.39 is 0 Å². The number of hydrogen-bond donors (Lipinski definition) is 1. The molecular weight excluding hydrogens is 388 g/mol. The normalized spacial score (nSPS) is 19.1. The smallest absolute Gasteiger partial charge is 0.197 e. The first-order valence-corrected chi connectivity index (χ1v) is 10.6. The quantitative estimate of drug-likeness (QED) is 0.546. The fourth-order valence-corrected chi connectivity index (χ4v) is 4.51. The van der Waals surface area contributed by atoms with Crippen LogP contribution in [0.15, 0.2) is 65.8 Å². The Balaban J connectivity index is 1.51. The van der Waals surface area contributed by atoms with Crippen molar-refractivity contribution in [3.05, 3.63) is 71.3 Å². The Labute approximate surface area is 181 Å². The molecule has 5 rings (SSSR count). The van der Waals surface area contributed by atoms with Crippen molar-refractivity contribution in [2.45, 2.75) is 26.1 Å². The van der Waals surface area contributed by atoms with E-state index in [4.69, 9.17) is 4.74 Å². The van der Waals surface area contributed by atoms with Crippen LogP contribution in [0.2, 0.25) is 0 Å². The third-order valence-electron chi connectivity index (χ3n) is 5.89. The molecule has 31 heavy (non-hydrogen) atoms. The fraction of sp³-hybridized carbons (Fsp3) is 0.280. The lowest BCUT2D eigenvalue weighted by Crippen LogP contribution is -2.45. The van der Waals surface area contributed by atoms with Gasteiger partial charge in [-0.25, -0.2) is 0 Å². The molecule has 1 N–H and O–H groups in total. The van der Waals surface area contributed by atoms with E-state index in [0.717, 1.165) is 41.0 Å². The van der Waals surface area contributed by atoms with Crippen molar-refractivity contribution in [1.82, 2.24) is 14.8 Å². The van der Waals surface area contributed by atoms with Gasteiger partial charge in [0.25, 0.3) is 0 Å². The Kier molecular flexibility index (Phi) is 4.87. The average Bonchev–Trinajstić information content (AvgIpc) is 3.19. The predicted octanol–water partition coefficient (Wildman–Crippen LogP) is 4.21. The lowest BCUT2D eigenvalue weighted by molar-refractivity contribution is -0.00521. The first-order chi connectivity index (χ1) is 15.0. The number of para-hydroxylation sites is 1. The van der Waals surface area contributed by atoms with E-state index in [0.29, 0.717) is 10.9 Å². The van der Waals surface area contributed by atoms with Crippen LogP contribution in [0.4, 0.5) is 5.69 Å². The number of aryl methyl sites for hydroxylation is 1. The topological polar surface area (TPSA) is 63.2 Å². The van der Waals surface area contributed by atoms with Gasteiger partial charge in [-0.3, -0.25) is 9.48 Å². The molecule has 0 amide bonds. The number of morpholine rings is 1. The molecule has 1 fully saturated rings. The number of pyridine rings is 1. The van der Waals surface area contributed by atoms with Crippen molar-refractivity contribution in [3.63, 3.8) is 0 Å². The number of nitrogens with one attached hydrogen (secondary N) is 1. The van der Waals surface area contributed by atoms with Gasteiger partial charge in [-0.1, -0.05) is 24.3 Å². The zero-order valence-electron chi connectivity index (χ0n) is 18.0. The van der Waals surface area contributed by atoms with Gasteiger partial charge in [0.05, 0.1) is 23.9 Å². The summed E-state index contributed by atoms with van der Waals surface area (Å²) in [5, 5.41) is 4.94. The summed E-state index contributed by atoms with van der Waals surface area (Å²) in [6, 6.07) is 14.1. The largest absolute Gasteiger partial charge is 0.372 e. The number of aromatic amines is 1. The number of hydrogen-bond acceptors (Lipinski definition) is 4. The summed E-state index contributed by atoms with van der Waals surface area (Å²) in [6.45, 7) is 5.95. The number of rotatable bonds is 3. The second-order valence-corrected chi connectivity index (χ2v) is 8.37. The minimum atomic E-state index is 0.0286. The molecule has 0 saturated carbocycles. The molecule has 0 unspecified atom stereocenters. The van der Waals surface area contributed by atoms with Gasteiger partial charge in [-0.15, -0.1) is 0 Å². The summed E-state index contributed by atoms with van der Waals surface area (Å²) in [4.78, 5) is 19.0. The molecule has 2 atom stereocenters. The molecule has 1 aliphatic rings. The van der Waals surface area contributed by atoms with Gasteiger partial charge in [-0.2, -0.15) is 5.10 Å². The van der Waals surface area contributed by atoms with Crippen molar-refractivity contribution in [1.29, 1.82) is 0 Å². The standard InChI is InChI=1S/C25H26N4O2/c1-16-13-29(14-17(2)31-16)20-9-7-18(8-10-20)23-12-26-24-21(19-11-27-28(3)15-19)5-4-6-22(24)25(23)30/h4-12,15-17H,13-14H2,1-3H3,(H,26,30)/t16-,17+. The zero-order valence-corrected chi connectivity index (χ0v) is 18.0. The Bertz CT molecular complexity index is 1280. The molecule has 0 aliphatic carbocycles. The molecule has 6 heteroatoms. The van der Waals surface area contributed by atoms with Gasteiger partial charge in [0.15, 0.2) is 5.43 Å². The second-order valence-electron chi connectivity index (χ2n) is 8.37. The van der Waals surface area contributed by atoms with Crippen molar-refractivity contribution in [2.75, 3.05) is 18.0 Å². The Morgan fingerprint density at radius 2 is 1.74 bits per heavy atom. The molecule has 4 aromatic rings. The van der Waals surface area contributed by atoms with Crippen molar-refractivity contribution < 1.29 is 4.74 Å². The zero-order chi connectivity index (χ0) is 21.5. The number of nitrogens with zero attached hydrogens (tertiary/aromatic N) is 3. The molecule has 0 spiro atoms. The number of anilines is 1. The lowest BCUT2D eigenvalue weighted by atomic mass is 10.0. The monoisotopic (exact) mass is 414 g/mol. The van der Waals surface area contributed by atoms with Crippen LogP contribution in [0.25, 0.3) is 33.2 Å². The Morgan fingerprint density at radius 3 is 2.42 bits per heavy atom. The van der Waals surface area contributed by atoms with Gasteiger partial charge in [0, 0.05) is 60.3 Å². The average molecular weight is 415 g/mol. The number of benzene rings is 2. The van der Waals surface area contributed by atoms with Crippen LogP contribution >= 0.6 is 0 Å². The van der Waals surface area contributed by atoms with Crippen molar-refractivity contribution in [3.8, 4) is 22.3 Å². The van der Waals surface area contributed by atoms with E-state index in [-0.39, 0.29) is 17.6 Å². The van der Waals surface area contributed by atoms with E-state index in [1.54, 1.807) is 4.68 Å². The van der Waals surface area contributed by atoms with E-state index in [1.807, 2.05) is 56.0 Å². The third-order valence-corrected chi connectivity index (χ3v) is 5.89. The number of H-pyrrole nitrogens is 1. The molecule has 6 nitrogen and oxygen atoms in total. The molecule has 2 aromatic carbocycles. The van der Waals surface area contributed by atoms with Crippen LogP contribution in [0.5, 0.6) is 0 Å². The van der Waals surface area contributed by atoms with Gasteiger partial charge < -0.3 is 14.6 Å². The van der Waals surface area contributed by atoms with E-state index in [9.17, 15) is 4.79 Å². The van der Waals surface area contributed by atoms with Crippen LogP contribution in [0.3, 0.4) is 0 Å². The summed E-state index contributed by atoms with van der Waals surface area (Å²) in [6.07, 6.45) is 6.00. The van der Waals surface area contributed by atoms with Crippen LogP contribution in [-0.2, 0) is 11.8 Å². The van der Waals surface area contributed by atoms with Crippen LogP contribution in [0, 0.1) is 0 Å². The summed E-state index contributed by atoms with van der Waals surface area (Å²) in [5.41, 5.74) is 5.55. The number of aromatic nitrogens is 3. The van der Waals surface area contributed by atoms with E-state index >= 15 is 0 Å². The maximum Gasteiger partial charge on any atom is 0.197 e. The van der Waals surface area contributed by atoms with Gasteiger partial charge >= 0.3 is 0 Å². The maximum atomic E-state index is 13.3. The van der Waals surface area contributed by atoms with Crippen molar-refractivity contribution in [2.24, 2.45) is 7.05 Å². The Hall–Kier alpha value is -3.38. The molecule has 3 heterocycles. The highest BCUT2D eigenvalue weighted by atomic mass is 16.5. The van der Waals surface area contributed by atoms with Crippen LogP contribution < -0.4 is 10.3 Å². The first kappa shape index (κ1) is 19.6. The summed E-state index contributed by atoms with van der Waals surface area (Å²) in [7, 11) is 1.89. The molecule has 1 saturated heterocycles. The fourth-order valence-electron chi connectivity index (χ4n) is 4.51. The minimum Gasteiger partial charge on any atom is -0.372 e. The van der Waals surface area contributed by atoms with Crippen LogP contribution in [0.1, 0.15) is 13.8 Å².